The molecule has 0 bridgehead atoms. The second kappa shape index (κ2) is 6.08. The van der Waals surface area contributed by atoms with Crippen LogP contribution in [0.25, 0.3) is 0 Å². The predicted octanol–water partition coefficient (Wildman–Crippen LogP) is 4.03. The minimum atomic E-state index is -0.939. The lowest BCUT2D eigenvalue weighted by molar-refractivity contribution is -0.118. The summed E-state index contributed by atoms with van der Waals surface area (Å²) >= 11 is 1.53. The Hall–Kier alpha value is -1.88. The summed E-state index contributed by atoms with van der Waals surface area (Å²) in [6.45, 7) is 2.24. The van der Waals surface area contributed by atoms with Crippen LogP contribution in [0.5, 0.6) is 0 Å². The maximum absolute atomic E-state index is 13.4. The van der Waals surface area contributed by atoms with E-state index in [1.54, 1.807) is 0 Å². The van der Waals surface area contributed by atoms with Crippen LogP contribution in [0.15, 0.2) is 47.4 Å². The van der Waals surface area contributed by atoms with Crippen molar-refractivity contribution < 1.29 is 13.6 Å². The quantitative estimate of drug-likeness (QED) is 0.851. The molecule has 1 atom stereocenters. The van der Waals surface area contributed by atoms with E-state index < -0.39 is 11.6 Å². The molecule has 1 amide bonds. The standard InChI is InChI=1S/C17H15F2NOS/c1-2-20(12-7-8-13(18)14(19)10-12)17(21)16-9-11-5-3-4-6-15(11)22-16/h3-8,10,16H,2,9H2,1H3. The lowest BCUT2D eigenvalue weighted by atomic mass is 10.1. The summed E-state index contributed by atoms with van der Waals surface area (Å²) in [5, 5.41) is -0.217. The summed E-state index contributed by atoms with van der Waals surface area (Å²) in [6.07, 6.45) is 0.667. The number of fused-ring (bicyclic) bond motifs is 1. The van der Waals surface area contributed by atoms with E-state index >= 15 is 0 Å². The molecule has 0 fully saturated rings. The zero-order valence-corrected chi connectivity index (χ0v) is 12.9. The van der Waals surface area contributed by atoms with Gasteiger partial charge in [0.15, 0.2) is 11.6 Å². The fourth-order valence-electron chi connectivity index (χ4n) is 2.61. The highest BCUT2D eigenvalue weighted by atomic mass is 32.2. The van der Waals surface area contributed by atoms with Gasteiger partial charge in [0, 0.05) is 23.2 Å². The Balaban J connectivity index is 1.82. The zero-order chi connectivity index (χ0) is 15.7. The Bertz CT molecular complexity index is 695. The fraction of sp³-hybridized carbons (Fsp3) is 0.235. The molecule has 1 heterocycles. The van der Waals surface area contributed by atoms with Crippen LogP contribution in [-0.2, 0) is 11.2 Å². The van der Waals surface area contributed by atoms with Gasteiger partial charge < -0.3 is 4.90 Å². The number of halogens is 2. The van der Waals surface area contributed by atoms with Crippen molar-refractivity contribution >= 4 is 23.4 Å². The molecule has 22 heavy (non-hydrogen) atoms. The summed E-state index contributed by atoms with van der Waals surface area (Å²) in [6, 6.07) is 11.5. The molecule has 0 N–H and O–H groups in total. The minimum absolute atomic E-state index is 0.0743. The summed E-state index contributed by atoms with van der Waals surface area (Å²) in [5.41, 5.74) is 1.55. The number of carbonyl (C=O) groups excluding carboxylic acids is 1. The molecule has 0 spiro atoms. The molecule has 0 saturated heterocycles. The van der Waals surface area contributed by atoms with E-state index in [-0.39, 0.29) is 11.2 Å². The van der Waals surface area contributed by atoms with E-state index in [4.69, 9.17) is 0 Å². The van der Waals surface area contributed by atoms with Crippen LogP contribution < -0.4 is 4.90 Å². The number of carbonyl (C=O) groups is 1. The van der Waals surface area contributed by atoms with E-state index in [1.165, 1.54) is 22.7 Å². The fourth-order valence-corrected chi connectivity index (χ4v) is 3.87. The minimum Gasteiger partial charge on any atom is -0.312 e. The largest absolute Gasteiger partial charge is 0.312 e. The molecule has 0 saturated carbocycles. The molecule has 0 aliphatic carbocycles. The van der Waals surface area contributed by atoms with Gasteiger partial charge in [0.05, 0.1) is 5.25 Å². The highest BCUT2D eigenvalue weighted by molar-refractivity contribution is 8.01. The second-order valence-electron chi connectivity index (χ2n) is 5.10. The Morgan fingerprint density at radius 2 is 2.00 bits per heavy atom. The van der Waals surface area contributed by atoms with Crippen molar-refractivity contribution in [1.29, 1.82) is 0 Å². The van der Waals surface area contributed by atoms with E-state index in [0.717, 1.165) is 22.6 Å². The molecule has 3 rings (SSSR count). The van der Waals surface area contributed by atoms with Gasteiger partial charge in [0.1, 0.15) is 0 Å². The molecular formula is C17H15F2NOS. The predicted molar refractivity (Wildman–Crippen MR) is 84.2 cm³/mol. The molecule has 114 valence electrons. The van der Waals surface area contributed by atoms with Gasteiger partial charge in [-0.2, -0.15) is 0 Å². The van der Waals surface area contributed by atoms with Crippen molar-refractivity contribution in [2.75, 3.05) is 11.4 Å². The number of amides is 1. The van der Waals surface area contributed by atoms with Crippen LogP contribution in [0, 0.1) is 11.6 Å². The van der Waals surface area contributed by atoms with E-state index in [9.17, 15) is 13.6 Å². The maximum Gasteiger partial charge on any atom is 0.240 e. The number of hydrogen-bond acceptors (Lipinski definition) is 2. The SMILES string of the molecule is CCN(C(=O)C1Cc2ccccc2S1)c1ccc(F)c(F)c1. The normalized spacial score (nSPS) is 16.4. The smallest absolute Gasteiger partial charge is 0.240 e. The third-order valence-corrected chi connectivity index (χ3v) is 5.02. The molecule has 2 nitrogen and oxygen atoms in total. The number of benzene rings is 2. The second-order valence-corrected chi connectivity index (χ2v) is 6.34. The first-order valence-corrected chi connectivity index (χ1v) is 7.99. The van der Waals surface area contributed by atoms with Gasteiger partial charge in [-0.1, -0.05) is 18.2 Å². The molecule has 5 heteroatoms. The van der Waals surface area contributed by atoms with E-state index in [2.05, 4.69) is 0 Å². The number of nitrogens with zero attached hydrogens (tertiary/aromatic N) is 1. The van der Waals surface area contributed by atoms with Gasteiger partial charge >= 0.3 is 0 Å². The van der Waals surface area contributed by atoms with Crippen LogP contribution in [-0.4, -0.2) is 17.7 Å². The molecule has 1 unspecified atom stereocenters. The number of thioether (sulfide) groups is 1. The number of anilines is 1. The molecule has 0 radical (unpaired) electrons. The van der Waals surface area contributed by atoms with Crippen molar-refractivity contribution in [2.45, 2.75) is 23.5 Å². The van der Waals surface area contributed by atoms with Crippen LogP contribution in [0.3, 0.4) is 0 Å². The van der Waals surface area contributed by atoms with Crippen molar-refractivity contribution in [3.8, 4) is 0 Å². The molecular weight excluding hydrogens is 304 g/mol. The lowest BCUT2D eigenvalue weighted by Gasteiger charge is -2.24. The van der Waals surface area contributed by atoms with Crippen LogP contribution in [0.4, 0.5) is 14.5 Å². The topological polar surface area (TPSA) is 20.3 Å². The van der Waals surface area contributed by atoms with Crippen LogP contribution in [0.2, 0.25) is 0 Å². The highest BCUT2D eigenvalue weighted by Gasteiger charge is 2.31. The summed E-state index contributed by atoms with van der Waals surface area (Å²) in [5.74, 6) is -1.92. The van der Waals surface area contributed by atoms with Gasteiger partial charge in [-0.15, -0.1) is 11.8 Å². The van der Waals surface area contributed by atoms with Crippen LogP contribution in [0.1, 0.15) is 12.5 Å². The van der Waals surface area contributed by atoms with Crippen molar-refractivity contribution in [3.63, 3.8) is 0 Å². The molecule has 1 aliphatic heterocycles. The summed E-state index contributed by atoms with van der Waals surface area (Å²) in [7, 11) is 0. The lowest BCUT2D eigenvalue weighted by Crippen LogP contribution is -2.37. The van der Waals surface area contributed by atoms with E-state index in [0.29, 0.717) is 18.7 Å². The van der Waals surface area contributed by atoms with Gasteiger partial charge in [-0.3, -0.25) is 4.79 Å². The van der Waals surface area contributed by atoms with Crippen molar-refractivity contribution in [3.05, 3.63) is 59.7 Å². The number of hydrogen-bond donors (Lipinski definition) is 0. The molecule has 1 aliphatic rings. The first-order valence-electron chi connectivity index (χ1n) is 7.11. The van der Waals surface area contributed by atoms with Gasteiger partial charge in [-0.25, -0.2) is 8.78 Å². The molecule has 2 aromatic carbocycles. The third-order valence-electron chi connectivity index (χ3n) is 3.72. The van der Waals surface area contributed by atoms with Crippen molar-refractivity contribution in [1.82, 2.24) is 0 Å². The molecule has 2 aromatic rings. The Morgan fingerprint density at radius 3 is 2.68 bits per heavy atom. The number of rotatable bonds is 3. The van der Waals surface area contributed by atoms with Gasteiger partial charge in [-0.05, 0) is 37.1 Å². The van der Waals surface area contributed by atoms with E-state index in [1.807, 2.05) is 31.2 Å². The first kappa shape index (κ1) is 15.0. The van der Waals surface area contributed by atoms with Gasteiger partial charge in [0.2, 0.25) is 5.91 Å². The highest BCUT2D eigenvalue weighted by Crippen LogP contribution is 2.38. The van der Waals surface area contributed by atoms with Gasteiger partial charge in [0.25, 0.3) is 0 Å². The summed E-state index contributed by atoms with van der Waals surface area (Å²) in [4.78, 5) is 15.3. The molecule has 0 aromatic heterocycles. The Morgan fingerprint density at radius 1 is 1.23 bits per heavy atom. The summed E-state index contributed by atoms with van der Waals surface area (Å²) < 4.78 is 26.5. The average Bonchev–Trinajstić information content (AvgIpc) is 2.95. The average molecular weight is 319 g/mol. The Kier molecular flexibility index (Phi) is 4.16. The van der Waals surface area contributed by atoms with Crippen LogP contribution >= 0.6 is 11.8 Å². The third kappa shape index (κ3) is 2.73. The monoisotopic (exact) mass is 319 g/mol. The maximum atomic E-state index is 13.4. The van der Waals surface area contributed by atoms with Crippen molar-refractivity contribution in [2.24, 2.45) is 0 Å². The first-order chi connectivity index (χ1) is 10.6. The zero-order valence-electron chi connectivity index (χ0n) is 12.1. The Labute approximate surface area is 132 Å².